The third-order valence-electron chi connectivity index (χ3n) is 3.47. The van der Waals surface area contributed by atoms with Gasteiger partial charge in [-0.05, 0) is 60.7 Å². The zero-order chi connectivity index (χ0) is 17.5. The minimum Gasteiger partial charge on any atom is -0.332 e. The lowest BCUT2D eigenvalue weighted by molar-refractivity contribution is 0.102. The maximum Gasteiger partial charge on any atom is 0.255 e. The van der Waals surface area contributed by atoms with E-state index in [0.29, 0.717) is 10.7 Å². The van der Waals surface area contributed by atoms with E-state index in [1.165, 1.54) is 0 Å². The van der Waals surface area contributed by atoms with Gasteiger partial charge in [0.1, 0.15) is 0 Å². The quantitative estimate of drug-likeness (QED) is 0.596. The molecule has 0 spiro atoms. The first-order valence-electron chi connectivity index (χ1n) is 7.80. The number of hydrogen-bond donors (Lipinski definition) is 3. The van der Waals surface area contributed by atoms with Gasteiger partial charge in [0.2, 0.25) is 0 Å². The van der Waals surface area contributed by atoms with Crippen LogP contribution in [-0.4, -0.2) is 11.0 Å². The molecule has 5 heteroatoms. The van der Waals surface area contributed by atoms with E-state index in [9.17, 15) is 4.79 Å². The second-order valence-corrected chi connectivity index (χ2v) is 5.75. The predicted octanol–water partition coefficient (Wildman–Crippen LogP) is 4.75. The number of carbonyl (C=O) groups excluding carboxylic acids is 1. The summed E-state index contributed by atoms with van der Waals surface area (Å²) in [5, 5.41) is 9.59. The van der Waals surface area contributed by atoms with Crippen molar-refractivity contribution in [1.29, 1.82) is 0 Å². The zero-order valence-corrected chi connectivity index (χ0v) is 14.2. The molecule has 0 aromatic heterocycles. The maximum absolute atomic E-state index is 12.1. The average molecular weight is 347 g/mol. The smallest absolute Gasteiger partial charge is 0.255 e. The van der Waals surface area contributed by atoms with E-state index in [2.05, 4.69) is 16.0 Å². The summed E-state index contributed by atoms with van der Waals surface area (Å²) in [7, 11) is 0. The third-order valence-corrected chi connectivity index (χ3v) is 3.67. The first kappa shape index (κ1) is 16.7. The molecule has 0 atom stereocenters. The maximum atomic E-state index is 12.1. The summed E-state index contributed by atoms with van der Waals surface area (Å²) < 4.78 is 0. The van der Waals surface area contributed by atoms with Crippen molar-refractivity contribution in [2.24, 2.45) is 0 Å². The molecule has 0 unspecified atom stereocenters. The van der Waals surface area contributed by atoms with Gasteiger partial charge in [-0.1, -0.05) is 36.4 Å². The molecule has 3 rings (SSSR count). The second-order valence-electron chi connectivity index (χ2n) is 5.34. The van der Waals surface area contributed by atoms with E-state index >= 15 is 0 Å². The Labute approximate surface area is 151 Å². The van der Waals surface area contributed by atoms with Crippen LogP contribution in [0.25, 0.3) is 0 Å². The Morgan fingerprint density at radius 2 is 1.04 bits per heavy atom. The van der Waals surface area contributed by atoms with E-state index in [1.54, 1.807) is 12.1 Å². The van der Waals surface area contributed by atoms with Gasteiger partial charge in [-0.2, -0.15) is 0 Å². The first-order chi connectivity index (χ1) is 12.2. The number of benzene rings is 3. The van der Waals surface area contributed by atoms with Crippen molar-refractivity contribution in [2.45, 2.75) is 0 Å². The molecule has 0 saturated heterocycles. The molecule has 25 heavy (non-hydrogen) atoms. The van der Waals surface area contributed by atoms with Crippen LogP contribution in [0.2, 0.25) is 0 Å². The molecule has 0 aliphatic heterocycles. The number of rotatable bonds is 4. The highest BCUT2D eigenvalue weighted by atomic mass is 32.1. The topological polar surface area (TPSA) is 53.2 Å². The van der Waals surface area contributed by atoms with E-state index in [0.717, 1.165) is 17.1 Å². The van der Waals surface area contributed by atoms with Crippen molar-refractivity contribution in [2.75, 3.05) is 16.0 Å². The molecule has 1 amide bonds. The molecular formula is C20H17N3OS. The summed E-state index contributed by atoms with van der Waals surface area (Å²) in [6, 6.07) is 26.2. The molecule has 0 bridgehead atoms. The minimum atomic E-state index is -0.137. The number of thiocarbonyl (C=S) groups is 1. The molecule has 0 fully saturated rings. The van der Waals surface area contributed by atoms with Gasteiger partial charge in [0, 0.05) is 22.6 Å². The van der Waals surface area contributed by atoms with Crippen molar-refractivity contribution in [3.05, 3.63) is 90.5 Å². The van der Waals surface area contributed by atoms with E-state index in [1.807, 2.05) is 72.8 Å². The molecule has 0 aliphatic rings. The minimum absolute atomic E-state index is 0.137. The van der Waals surface area contributed by atoms with Crippen LogP contribution in [0.3, 0.4) is 0 Å². The Balaban J connectivity index is 1.57. The van der Waals surface area contributed by atoms with Crippen molar-refractivity contribution >= 4 is 40.3 Å². The molecular weight excluding hydrogens is 330 g/mol. The highest BCUT2D eigenvalue weighted by molar-refractivity contribution is 7.80. The Kier molecular flexibility index (Phi) is 5.39. The Hall–Kier alpha value is -3.18. The lowest BCUT2D eigenvalue weighted by Gasteiger charge is -2.11. The van der Waals surface area contributed by atoms with Gasteiger partial charge in [0.25, 0.3) is 5.91 Å². The monoisotopic (exact) mass is 347 g/mol. The van der Waals surface area contributed by atoms with Crippen LogP contribution in [0, 0.1) is 0 Å². The summed E-state index contributed by atoms with van der Waals surface area (Å²) in [6.07, 6.45) is 0. The van der Waals surface area contributed by atoms with E-state index in [4.69, 9.17) is 12.2 Å². The summed E-state index contributed by atoms with van der Waals surface area (Å²) >= 11 is 5.29. The number of hydrogen-bond acceptors (Lipinski definition) is 2. The fraction of sp³-hybridized carbons (Fsp3) is 0. The van der Waals surface area contributed by atoms with Crippen molar-refractivity contribution in [3.8, 4) is 0 Å². The second kappa shape index (κ2) is 8.08. The highest BCUT2D eigenvalue weighted by Crippen LogP contribution is 2.15. The number of nitrogens with one attached hydrogen (secondary N) is 3. The standard InChI is InChI=1S/C20H17N3OS/c24-19(15-7-3-1-4-8-15)21-17-11-13-18(14-12-17)23-20(25)22-16-9-5-2-6-10-16/h1-14H,(H,21,24)(H2,22,23,25). The molecule has 3 aromatic rings. The molecule has 0 saturated carbocycles. The number of carbonyl (C=O) groups is 1. The predicted molar refractivity (Wildman–Crippen MR) is 107 cm³/mol. The average Bonchev–Trinajstić information content (AvgIpc) is 2.65. The van der Waals surface area contributed by atoms with E-state index in [-0.39, 0.29) is 5.91 Å². The van der Waals surface area contributed by atoms with E-state index < -0.39 is 0 Å². The van der Waals surface area contributed by atoms with Gasteiger partial charge in [-0.25, -0.2) is 0 Å². The molecule has 0 aliphatic carbocycles. The summed E-state index contributed by atoms with van der Waals surface area (Å²) in [5.74, 6) is -0.137. The Morgan fingerprint density at radius 1 is 0.600 bits per heavy atom. The Morgan fingerprint density at radius 3 is 1.60 bits per heavy atom. The molecule has 124 valence electrons. The van der Waals surface area contributed by atoms with Crippen LogP contribution in [0.15, 0.2) is 84.9 Å². The van der Waals surface area contributed by atoms with Crippen LogP contribution >= 0.6 is 12.2 Å². The van der Waals surface area contributed by atoms with Crippen LogP contribution in [0.4, 0.5) is 17.1 Å². The fourth-order valence-corrected chi connectivity index (χ4v) is 2.48. The number of amides is 1. The Bertz CT molecular complexity index is 849. The first-order valence-corrected chi connectivity index (χ1v) is 8.21. The summed E-state index contributed by atoms with van der Waals surface area (Å²) in [5.41, 5.74) is 3.11. The van der Waals surface area contributed by atoms with Gasteiger partial charge < -0.3 is 16.0 Å². The third kappa shape index (κ3) is 4.89. The largest absolute Gasteiger partial charge is 0.332 e. The van der Waals surface area contributed by atoms with Crippen molar-refractivity contribution in [3.63, 3.8) is 0 Å². The van der Waals surface area contributed by atoms with Crippen molar-refractivity contribution < 1.29 is 4.79 Å². The molecule has 3 aromatic carbocycles. The lowest BCUT2D eigenvalue weighted by atomic mass is 10.2. The van der Waals surface area contributed by atoms with Crippen LogP contribution in [-0.2, 0) is 0 Å². The molecule has 4 nitrogen and oxygen atoms in total. The van der Waals surface area contributed by atoms with Gasteiger partial charge in [-0.3, -0.25) is 4.79 Å². The SMILES string of the molecule is O=C(Nc1ccc(NC(=S)Nc2ccccc2)cc1)c1ccccc1. The van der Waals surface area contributed by atoms with Crippen molar-refractivity contribution in [1.82, 2.24) is 0 Å². The van der Waals surface area contributed by atoms with Crippen LogP contribution in [0.5, 0.6) is 0 Å². The molecule has 0 radical (unpaired) electrons. The fourth-order valence-electron chi connectivity index (χ4n) is 2.24. The van der Waals surface area contributed by atoms with Gasteiger partial charge in [0.15, 0.2) is 5.11 Å². The van der Waals surface area contributed by atoms with Crippen LogP contribution in [0.1, 0.15) is 10.4 Å². The summed E-state index contributed by atoms with van der Waals surface area (Å²) in [4.78, 5) is 12.1. The molecule has 3 N–H and O–H groups in total. The highest BCUT2D eigenvalue weighted by Gasteiger charge is 2.05. The van der Waals surface area contributed by atoms with Gasteiger partial charge in [-0.15, -0.1) is 0 Å². The van der Waals surface area contributed by atoms with Gasteiger partial charge in [0.05, 0.1) is 0 Å². The number of anilines is 3. The molecule has 0 heterocycles. The van der Waals surface area contributed by atoms with Crippen LogP contribution < -0.4 is 16.0 Å². The number of para-hydroxylation sites is 1. The lowest BCUT2D eigenvalue weighted by Crippen LogP contribution is -2.19. The zero-order valence-electron chi connectivity index (χ0n) is 13.4. The van der Waals surface area contributed by atoms with Gasteiger partial charge >= 0.3 is 0 Å². The summed E-state index contributed by atoms with van der Waals surface area (Å²) in [6.45, 7) is 0. The normalized spacial score (nSPS) is 9.92.